The van der Waals surface area contributed by atoms with Gasteiger partial charge in [0.15, 0.2) is 0 Å². The lowest BCUT2D eigenvalue weighted by molar-refractivity contribution is 0.110. The maximum atomic E-state index is 13.1. The van der Waals surface area contributed by atoms with E-state index in [1.165, 1.54) is 12.1 Å². The monoisotopic (exact) mass is 310 g/mol. The Labute approximate surface area is 135 Å². The molecule has 2 atom stereocenters. The van der Waals surface area contributed by atoms with Gasteiger partial charge in [0.1, 0.15) is 11.9 Å². The van der Waals surface area contributed by atoms with E-state index in [1.54, 1.807) is 23.0 Å². The SMILES string of the molecule is C#C[C@H](O)C1(C)Cc2cnn(-c3ccc(F)cc3)c2C=C1CC. The highest BCUT2D eigenvalue weighted by atomic mass is 19.1. The van der Waals surface area contributed by atoms with Crippen LogP contribution in [0.4, 0.5) is 4.39 Å². The van der Waals surface area contributed by atoms with Crippen molar-refractivity contribution in [3.63, 3.8) is 0 Å². The van der Waals surface area contributed by atoms with Gasteiger partial charge in [-0.1, -0.05) is 25.3 Å². The molecular weight excluding hydrogens is 291 g/mol. The second-order valence-electron chi connectivity index (χ2n) is 6.13. The lowest BCUT2D eigenvalue weighted by atomic mass is 9.69. The summed E-state index contributed by atoms with van der Waals surface area (Å²) in [5, 5.41) is 14.7. The zero-order valence-corrected chi connectivity index (χ0v) is 13.3. The van der Waals surface area contributed by atoms with Crippen molar-refractivity contribution in [3.05, 3.63) is 53.1 Å². The number of rotatable bonds is 3. The van der Waals surface area contributed by atoms with Crippen molar-refractivity contribution in [1.29, 1.82) is 0 Å². The molecule has 0 amide bonds. The van der Waals surface area contributed by atoms with E-state index in [0.29, 0.717) is 6.42 Å². The molecule has 0 aliphatic heterocycles. The quantitative estimate of drug-likeness (QED) is 0.883. The van der Waals surface area contributed by atoms with Gasteiger partial charge in [-0.05, 0) is 48.7 Å². The van der Waals surface area contributed by atoms with E-state index in [0.717, 1.165) is 28.9 Å². The Bertz CT molecular complexity index is 798. The van der Waals surface area contributed by atoms with E-state index >= 15 is 0 Å². The third kappa shape index (κ3) is 2.47. The molecule has 23 heavy (non-hydrogen) atoms. The van der Waals surface area contributed by atoms with Gasteiger partial charge >= 0.3 is 0 Å². The fraction of sp³-hybridized carbons (Fsp3) is 0.316. The van der Waals surface area contributed by atoms with E-state index in [9.17, 15) is 9.50 Å². The summed E-state index contributed by atoms with van der Waals surface area (Å²) in [6.45, 7) is 4.04. The summed E-state index contributed by atoms with van der Waals surface area (Å²) in [4.78, 5) is 0. The van der Waals surface area contributed by atoms with Gasteiger partial charge in [0, 0.05) is 5.41 Å². The molecule has 1 aromatic heterocycles. The zero-order valence-electron chi connectivity index (χ0n) is 13.3. The smallest absolute Gasteiger partial charge is 0.123 e. The van der Waals surface area contributed by atoms with E-state index < -0.39 is 11.5 Å². The summed E-state index contributed by atoms with van der Waals surface area (Å²) in [6, 6.07) is 6.24. The predicted molar refractivity (Wildman–Crippen MR) is 88.4 cm³/mol. The molecule has 1 aliphatic carbocycles. The van der Waals surface area contributed by atoms with Gasteiger partial charge in [0.25, 0.3) is 0 Å². The maximum Gasteiger partial charge on any atom is 0.123 e. The lowest BCUT2D eigenvalue weighted by Gasteiger charge is -2.37. The number of aliphatic hydroxyl groups excluding tert-OH is 1. The number of hydrogen-bond acceptors (Lipinski definition) is 2. The minimum Gasteiger partial charge on any atom is -0.379 e. The van der Waals surface area contributed by atoms with Gasteiger partial charge in [0.2, 0.25) is 0 Å². The Morgan fingerprint density at radius 3 is 2.74 bits per heavy atom. The van der Waals surface area contributed by atoms with Gasteiger partial charge < -0.3 is 5.11 Å². The van der Waals surface area contributed by atoms with Crippen molar-refractivity contribution >= 4 is 6.08 Å². The van der Waals surface area contributed by atoms with E-state index in [2.05, 4.69) is 24.0 Å². The number of aliphatic hydroxyl groups is 1. The molecule has 1 unspecified atom stereocenters. The summed E-state index contributed by atoms with van der Waals surface area (Å²) in [5.41, 5.74) is 3.42. The molecule has 3 rings (SSSR count). The molecule has 1 aliphatic rings. The summed E-state index contributed by atoms with van der Waals surface area (Å²) in [7, 11) is 0. The summed E-state index contributed by atoms with van der Waals surface area (Å²) in [5.74, 6) is 2.19. The van der Waals surface area contributed by atoms with Crippen molar-refractivity contribution in [2.75, 3.05) is 0 Å². The lowest BCUT2D eigenvalue weighted by Crippen LogP contribution is -2.37. The van der Waals surface area contributed by atoms with Crippen LogP contribution in [0.15, 0.2) is 36.0 Å². The molecule has 1 aromatic carbocycles. The summed E-state index contributed by atoms with van der Waals surface area (Å²) < 4.78 is 14.9. The molecule has 0 saturated carbocycles. The van der Waals surface area contributed by atoms with Gasteiger partial charge in [0.05, 0.1) is 17.6 Å². The van der Waals surface area contributed by atoms with Crippen LogP contribution in [-0.4, -0.2) is 21.0 Å². The fourth-order valence-electron chi connectivity index (χ4n) is 3.27. The number of halogens is 1. The van der Waals surface area contributed by atoms with Crippen LogP contribution >= 0.6 is 0 Å². The number of aromatic nitrogens is 2. The number of hydrogen-bond donors (Lipinski definition) is 1. The standard InChI is InChI=1S/C19H19FN2O/c1-4-14-10-17-13(11-19(14,3)18(23)5-2)12-21-22(17)16-8-6-15(20)7-9-16/h2,6-10,12,18,23H,4,11H2,1,3H3/t18-,19?/m0/s1. The first kappa shape index (κ1) is 15.5. The van der Waals surface area contributed by atoms with Crippen LogP contribution in [0.5, 0.6) is 0 Å². The molecule has 1 heterocycles. The number of terminal acetylenes is 1. The van der Waals surface area contributed by atoms with Crippen LogP contribution in [0, 0.1) is 23.6 Å². The second-order valence-corrected chi connectivity index (χ2v) is 6.13. The number of fused-ring (bicyclic) bond motifs is 1. The average molecular weight is 310 g/mol. The maximum absolute atomic E-state index is 13.1. The molecule has 4 heteroatoms. The topological polar surface area (TPSA) is 38.1 Å². The van der Waals surface area contributed by atoms with Crippen molar-refractivity contribution in [2.45, 2.75) is 32.8 Å². The fourth-order valence-corrected chi connectivity index (χ4v) is 3.27. The molecule has 0 bridgehead atoms. The molecule has 2 aromatic rings. The Balaban J connectivity index is 2.09. The van der Waals surface area contributed by atoms with Crippen LogP contribution in [0.3, 0.4) is 0 Å². The first-order chi connectivity index (χ1) is 11.0. The molecule has 1 N–H and O–H groups in total. The van der Waals surface area contributed by atoms with Crippen molar-refractivity contribution < 1.29 is 9.50 Å². The normalized spacial score (nSPS) is 21.3. The van der Waals surface area contributed by atoms with Gasteiger partial charge in [-0.15, -0.1) is 6.42 Å². The van der Waals surface area contributed by atoms with E-state index in [1.807, 2.05) is 6.92 Å². The highest BCUT2D eigenvalue weighted by molar-refractivity contribution is 5.61. The van der Waals surface area contributed by atoms with Crippen LogP contribution < -0.4 is 0 Å². The molecule has 0 radical (unpaired) electrons. The predicted octanol–water partition coefficient (Wildman–Crippen LogP) is 3.36. The largest absolute Gasteiger partial charge is 0.379 e. The van der Waals surface area contributed by atoms with Crippen molar-refractivity contribution in [3.8, 4) is 18.0 Å². The molecule has 0 fully saturated rings. The Hall–Kier alpha value is -2.38. The van der Waals surface area contributed by atoms with Crippen LogP contribution in [-0.2, 0) is 6.42 Å². The Morgan fingerprint density at radius 2 is 2.13 bits per heavy atom. The first-order valence-corrected chi connectivity index (χ1v) is 7.67. The van der Waals surface area contributed by atoms with Crippen LogP contribution in [0.1, 0.15) is 31.5 Å². The first-order valence-electron chi connectivity index (χ1n) is 7.67. The number of benzene rings is 1. The number of nitrogens with zero attached hydrogens (tertiary/aromatic N) is 2. The Kier molecular flexibility index (Phi) is 3.83. The van der Waals surface area contributed by atoms with Gasteiger partial charge in [-0.2, -0.15) is 5.10 Å². The summed E-state index contributed by atoms with van der Waals surface area (Å²) in [6.07, 6.45) is 9.89. The van der Waals surface area contributed by atoms with Gasteiger partial charge in [-0.3, -0.25) is 0 Å². The summed E-state index contributed by atoms with van der Waals surface area (Å²) >= 11 is 0. The van der Waals surface area contributed by atoms with Crippen LogP contribution in [0.25, 0.3) is 11.8 Å². The zero-order chi connectivity index (χ0) is 16.6. The second kappa shape index (κ2) is 5.68. The van der Waals surface area contributed by atoms with Crippen molar-refractivity contribution in [2.24, 2.45) is 5.41 Å². The highest BCUT2D eigenvalue weighted by Crippen LogP contribution is 2.42. The van der Waals surface area contributed by atoms with Gasteiger partial charge in [-0.25, -0.2) is 9.07 Å². The molecule has 0 spiro atoms. The average Bonchev–Trinajstić information content (AvgIpc) is 2.96. The third-order valence-corrected chi connectivity index (χ3v) is 4.70. The highest BCUT2D eigenvalue weighted by Gasteiger charge is 2.39. The molecular formula is C19H19FN2O. The molecule has 3 nitrogen and oxygen atoms in total. The molecule has 0 saturated heterocycles. The van der Waals surface area contributed by atoms with E-state index in [-0.39, 0.29) is 5.82 Å². The van der Waals surface area contributed by atoms with Crippen molar-refractivity contribution in [1.82, 2.24) is 9.78 Å². The Morgan fingerprint density at radius 1 is 1.43 bits per heavy atom. The van der Waals surface area contributed by atoms with E-state index in [4.69, 9.17) is 6.42 Å². The third-order valence-electron chi connectivity index (χ3n) is 4.70. The minimum absolute atomic E-state index is 0.274. The molecule has 118 valence electrons. The minimum atomic E-state index is -0.837. The van der Waals surface area contributed by atoms with Crippen LogP contribution in [0.2, 0.25) is 0 Å².